The number of hydrogen-bond donors (Lipinski definition) is 0. The summed E-state index contributed by atoms with van der Waals surface area (Å²) in [6.07, 6.45) is 24.0. The molecule has 110 valence electrons. The van der Waals surface area contributed by atoms with E-state index in [1.54, 1.807) is 0 Å². The molecule has 0 aliphatic heterocycles. The van der Waals surface area contributed by atoms with Gasteiger partial charge in [0.1, 0.15) is 0 Å². The maximum Gasteiger partial charge on any atom is 3.00 e. The van der Waals surface area contributed by atoms with Gasteiger partial charge in [0.15, 0.2) is 0 Å². The van der Waals surface area contributed by atoms with Crippen molar-refractivity contribution in [3.8, 4) is 0 Å². The zero-order chi connectivity index (χ0) is 12.5. The van der Waals surface area contributed by atoms with E-state index in [0.717, 1.165) is 12.8 Å². The molecule has 2 aliphatic rings. The van der Waals surface area contributed by atoms with Crippen molar-refractivity contribution in [1.29, 1.82) is 0 Å². The quantitative estimate of drug-likeness (QED) is 0.375. The fraction of sp³-hybridized carbons (Fsp3) is 0.375. The predicted molar refractivity (Wildman–Crippen MR) is 74.4 cm³/mol. The van der Waals surface area contributed by atoms with E-state index < -0.39 is 0 Å². The topological polar surface area (TPSA) is 0 Å². The van der Waals surface area contributed by atoms with Crippen LogP contribution in [0, 0.1) is 25.0 Å². The Kier molecular flexibility index (Phi) is 79.7. The van der Waals surface area contributed by atoms with Crippen molar-refractivity contribution in [2.45, 2.75) is 40.5 Å². The molecule has 0 aromatic heterocycles. The monoisotopic (exact) mass is 382 g/mol. The molecule has 20 heavy (non-hydrogen) atoms. The van der Waals surface area contributed by atoms with Crippen LogP contribution in [0.25, 0.3) is 0 Å². The first kappa shape index (κ1) is 37.3. The van der Waals surface area contributed by atoms with Crippen LogP contribution in [0.2, 0.25) is 0 Å². The second-order valence-corrected chi connectivity index (χ2v) is 3.16. The first-order chi connectivity index (χ1) is 7.83. The van der Waals surface area contributed by atoms with Crippen LogP contribution in [0.5, 0.6) is 0 Å². The summed E-state index contributed by atoms with van der Waals surface area (Å²) < 4.78 is 0. The molecule has 0 fully saturated rings. The van der Waals surface area contributed by atoms with Crippen LogP contribution in [0.1, 0.15) is 40.5 Å². The Morgan fingerprint density at radius 3 is 1.00 bits per heavy atom. The number of hydrogen-bond acceptors (Lipinski definition) is 0. The van der Waals surface area contributed by atoms with Gasteiger partial charge in [-0.25, -0.2) is 24.3 Å². The average molecular weight is 383 g/mol. The Bertz CT molecular complexity index is 179. The maximum absolute atomic E-state index is 2.99. The van der Waals surface area contributed by atoms with Gasteiger partial charge in [0.05, 0.1) is 0 Å². The number of rotatable bonds is 0. The Hall–Kier alpha value is 0.969. The third-order valence-corrected chi connectivity index (χ3v) is 1.17. The second-order valence-electron chi connectivity index (χ2n) is 3.16. The minimum absolute atomic E-state index is 0. The van der Waals surface area contributed by atoms with E-state index in [2.05, 4.69) is 24.3 Å². The molecule has 0 unspecified atom stereocenters. The van der Waals surface area contributed by atoms with Gasteiger partial charge in [-0.3, -0.25) is 12.2 Å². The number of allylic oxidation sites excluding steroid dienone is 8. The number of halogens is 2. The van der Waals surface area contributed by atoms with Crippen LogP contribution in [-0.4, -0.2) is 0 Å². The molecule has 0 N–H and O–H groups in total. The molecule has 0 atom stereocenters. The van der Waals surface area contributed by atoms with Crippen molar-refractivity contribution in [1.82, 2.24) is 0 Å². The summed E-state index contributed by atoms with van der Waals surface area (Å²) >= 11 is 0. The fourth-order valence-electron chi connectivity index (χ4n) is 0.680. The van der Waals surface area contributed by atoms with Gasteiger partial charge in [0.25, 0.3) is 0 Å². The van der Waals surface area contributed by atoms with Crippen LogP contribution in [-0.2, 0) is 43.4 Å². The van der Waals surface area contributed by atoms with Gasteiger partial charge < -0.3 is 37.7 Å². The molecule has 0 nitrogen and oxygen atoms in total. The van der Waals surface area contributed by atoms with Crippen LogP contribution >= 0.6 is 0 Å². The van der Waals surface area contributed by atoms with E-state index in [4.69, 9.17) is 0 Å². The minimum atomic E-state index is 0. The SMILES string of the molecule is C[CH-]C.C[CH-]C.[C-]1=CC=CC1.[C-]1=CC=CC1.[Cl-].[Cl-].[Ti+3].[Ti+3]. The molecule has 2 aliphatic carbocycles. The largest absolute Gasteiger partial charge is 3.00 e. The van der Waals surface area contributed by atoms with E-state index in [1.165, 1.54) is 0 Å². The standard InChI is InChI=1S/2C5H5.2C3H7.2ClH.2Ti/c2*1-2-4-5-3-1;2*1-3-2;;;;/h2*1-3H,4H2;2*3H,1-2H3;2*1H;;/q4*-1;;;2*+3/p-2. The van der Waals surface area contributed by atoms with Gasteiger partial charge in [-0.1, -0.05) is 0 Å². The zero-order valence-corrected chi connectivity index (χ0v) is 17.4. The molecule has 0 spiro atoms. The van der Waals surface area contributed by atoms with Crippen LogP contribution < -0.4 is 24.8 Å². The van der Waals surface area contributed by atoms with Crippen LogP contribution in [0.15, 0.2) is 36.5 Å². The van der Waals surface area contributed by atoms with E-state index in [-0.39, 0.29) is 68.2 Å². The fourth-order valence-corrected chi connectivity index (χ4v) is 0.680. The third-order valence-electron chi connectivity index (χ3n) is 1.17. The van der Waals surface area contributed by atoms with E-state index in [9.17, 15) is 0 Å². The molecule has 2 radical (unpaired) electrons. The minimum Gasteiger partial charge on any atom is -1.00 e. The summed E-state index contributed by atoms with van der Waals surface area (Å²) in [6.45, 7) is 8.00. The van der Waals surface area contributed by atoms with Crippen molar-refractivity contribution in [2.75, 3.05) is 0 Å². The first-order valence-electron chi connectivity index (χ1n) is 5.74. The smallest absolute Gasteiger partial charge is 1.00 e. The summed E-state index contributed by atoms with van der Waals surface area (Å²) in [7, 11) is 0. The first-order valence-corrected chi connectivity index (χ1v) is 5.74. The van der Waals surface area contributed by atoms with E-state index >= 15 is 0 Å². The van der Waals surface area contributed by atoms with Gasteiger partial charge in [0.2, 0.25) is 0 Å². The van der Waals surface area contributed by atoms with Crippen molar-refractivity contribution in [3.63, 3.8) is 0 Å². The summed E-state index contributed by atoms with van der Waals surface area (Å²) in [5, 5.41) is 0. The summed E-state index contributed by atoms with van der Waals surface area (Å²) in [6, 6.07) is 0. The van der Waals surface area contributed by atoms with Gasteiger partial charge in [-0.2, -0.15) is 39.8 Å². The van der Waals surface area contributed by atoms with Crippen LogP contribution in [0.4, 0.5) is 0 Å². The van der Waals surface area contributed by atoms with Crippen molar-refractivity contribution < 1.29 is 68.2 Å². The molecular formula is C16H24Cl2Ti2. The molecule has 0 amide bonds. The zero-order valence-electron chi connectivity index (χ0n) is 12.8. The maximum atomic E-state index is 2.99. The molecule has 0 saturated carbocycles. The predicted octanol–water partition coefficient (Wildman–Crippen LogP) is -0.925. The molecular weight excluding hydrogens is 359 g/mol. The Labute approximate surface area is 169 Å². The Balaban J connectivity index is -0.0000000316. The summed E-state index contributed by atoms with van der Waals surface area (Å²) in [5.74, 6) is 0. The van der Waals surface area contributed by atoms with Crippen molar-refractivity contribution in [3.05, 3.63) is 61.4 Å². The Morgan fingerprint density at radius 1 is 0.700 bits per heavy atom. The summed E-state index contributed by atoms with van der Waals surface area (Å²) in [5.41, 5.74) is 0. The molecule has 0 saturated heterocycles. The van der Waals surface area contributed by atoms with E-state index in [1.807, 2.05) is 64.8 Å². The summed E-state index contributed by atoms with van der Waals surface area (Å²) in [4.78, 5) is 0. The average Bonchev–Trinajstić information content (AvgIpc) is 3.00. The van der Waals surface area contributed by atoms with E-state index in [0.29, 0.717) is 0 Å². The molecule has 4 heteroatoms. The molecule has 0 bridgehead atoms. The molecule has 0 heterocycles. The van der Waals surface area contributed by atoms with Crippen molar-refractivity contribution in [2.24, 2.45) is 0 Å². The Morgan fingerprint density at radius 2 is 0.950 bits per heavy atom. The van der Waals surface area contributed by atoms with Crippen molar-refractivity contribution >= 4 is 0 Å². The normalized spacial score (nSPS) is 10.6. The van der Waals surface area contributed by atoms with Gasteiger partial charge in [-0.05, 0) is 0 Å². The molecule has 2 rings (SSSR count). The van der Waals surface area contributed by atoms with Gasteiger partial charge in [-0.15, -0.1) is 12.8 Å². The third kappa shape index (κ3) is 50.9. The molecule has 0 aromatic rings. The molecule has 0 aromatic carbocycles. The van der Waals surface area contributed by atoms with Crippen LogP contribution in [0.3, 0.4) is 0 Å². The second kappa shape index (κ2) is 42.7. The van der Waals surface area contributed by atoms with Gasteiger partial charge in [0, 0.05) is 0 Å². The van der Waals surface area contributed by atoms with Gasteiger partial charge >= 0.3 is 43.4 Å².